The van der Waals surface area contributed by atoms with Crippen molar-refractivity contribution in [3.05, 3.63) is 17.5 Å². The van der Waals surface area contributed by atoms with Gasteiger partial charge in [0.05, 0.1) is 5.69 Å². The van der Waals surface area contributed by atoms with Gasteiger partial charge < -0.3 is 5.32 Å². The summed E-state index contributed by atoms with van der Waals surface area (Å²) in [6.45, 7) is 4.36. The van der Waals surface area contributed by atoms with E-state index in [4.69, 9.17) is 0 Å². The molecule has 2 unspecified atom stereocenters. The van der Waals surface area contributed by atoms with E-state index in [2.05, 4.69) is 30.5 Å². The van der Waals surface area contributed by atoms with E-state index in [1.165, 1.54) is 30.5 Å². The van der Waals surface area contributed by atoms with Gasteiger partial charge in [-0.1, -0.05) is 6.42 Å². The standard InChI is InChI=1S/C11H19N3/c1-8-5-4-6-11(12-8)10-7-14(3)13-9(10)2/h7-8,11-12H,4-6H2,1-3H3. The van der Waals surface area contributed by atoms with Crippen LogP contribution >= 0.6 is 0 Å². The van der Waals surface area contributed by atoms with Crippen molar-refractivity contribution in [2.75, 3.05) is 0 Å². The molecule has 14 heavy (non-hydrogen) atoms. The second kappa shape index (κ2) is 3.73. The molecule has 0 aromatic carbocycles. The SMILES string of the molecule is Cc1nn(C)cc1C1CCCC(C)N1. The molecule has 3 nitrogen and oxygen atoms in total. The normalized spacial score (nSPS) is 27.9. The lowest BCUT2D eigenvalue weighted by Gasteiger charge is -2.28. The summed E-state index contributed by atoms with van der Waals surface area (Å²) < 4.78 is 1.91. The first-order valence-electron chi connectivity index (χ1n) is 5.43. The van der Waals surface area contributed by atoms with E-state index in [-0.39, 0.29) is 0 Å². The minimum Gasteiger partial charge on any atom is -0.307 e. The molecule has 1 aliphatic rings. The van der Waals surface area contributed by atoms with Crippen molar-refractivity contribution in [2.45, 2.75) is 45.2 Å². The molecular weight excluding hydrogens is 174 g/mol. The van der Waals surface area contributed by atoms with Crippen molar-refractivity contribution >= 4 is 0 Å². The third kappa shape index (κ3) is 1.82. The molecule has 1 aromatic heterocycles. The first-order chi connectivity index (χ1) is 6.66. The molecule has 1 fully saturated rings. The summed E-state index contributed by atoms with van der Waals surface area (Å²) in [6.07, 6.45) is 6.02. The predicted octanol–water partition coefficient (Wildman–Crippen LogP) is 1.93. The van der Waals surface area contributed by atoms with Crippen molar-refractivity contribution in [2.24, 2.45) is 7.05 Å². The maximum absolute atomic E-state index is 4.39. The molecular formula is C11H19N3. The van der Waals surface area contributed by atoms with Gasteiger partial charge in [-0.05, 0) is 26.7 Å². The molecule has 2 atom stereocenters. The Morgan fingerprint density at radius 2 is 2.29 bits per heavy atom. The Balaban J connectivity index is 2.17. The van der Waals surface area contributed by atoms with E-state index in [0.717, 1.165) is 0 Å². The second-order valence-corrected chi connectivity index (χ2v) is 4.39. The molecule has 78 valence electrons. The maximum atomic E-state index is 4.39. The summed E-state index contributed by atoms with van der Waals surface area (Å²) in [4.78, 5) is 0. The lowest BCUT2D eigenvalue weighted by atomic mass is 9.95. The average Bonchev–Trinajstić information content (AvgIpc) is 2.45. The number of aromatic nitrogens is 2. The monoisotopic (exact) mass is 193 g/mol. The van der Waals surface area contributed by atoms with E-state index >= 15 is 0 Å². The Bertz CT molecular complexity index is 316. The molecule has 0 spiro atoms. The molecule has 1 aromatic rings. The van der Waals surface area contributed by atoms with Crippen LogP contribution in [0.5, 0.6) is 0 Å². The third-order valence-electron chi connectivity index (χ3n) is 3.04. The summed E-state index contributed by atoms with van der Waals surface area (Å²) in [5.41, 5.74) is 2.54. The topological polar surface area (TPSA) is 29.9 Å². The van der Waals surface area contributed by atoms with Gasteiger partial charge in [-0.3, -0.25) is 4.68 Å². The molecule has 0 amide bonds. The van der Waals surface area contributed by atoms with Crippen LogP contribution in [0.25, 0.3) is 0 Å². The molecule has 1 saturated heterocycles. The van der Waals surface area contributed by atoms with Gasteiger partial charge in [0, 0.05) is 30.9 Å². The van der Waals surface area contributed by atoms with E-state index in [9.17, 15) is 0 Å². The highest BCUT2D eigenvalue weighted by Crippen LogP contribution is 2.26. The molecule has 1 N–H and O–H groups in total. The molecule has 3 heteroatoms. The van der Waals surface area contributed by atoms with E-state index < -0.39 is 0 Å². The summed E-state index contributed by atoms with van der Waals surface area (Å²) >= 11 is 0. The lowest BCUT2D eigenvalue weighted by molar-refractivity contribution is 0.340. The van der Waals surface area contributed by atoms with Crippen LogP contribution in [0.4, 0.5) is 0 Å². The molecule has 0 bridgehead atoms. The van der Waals surface area contributed by atoms with Crippen LogP contribution in [0, 0.1) is 6.92 Å². The highest BCUT2D eigenvalue weighted by atomic mass is 15.3. The van der Waals surface area contributed by atoms with Crippen LogP contribution in [0.1, 0.15) is 43.5 Å². The van der Waals surface area contributed by atoms with Gasteiger partial charge in [0.1, 0.15) is 0 Å². The Labute approximate surface area is 85.5 Å². The first-order valence-corrected chi connectivity index (χ1v) is 5.43. The van der Waals surface area contributed by atoms with Gasteiger partial charge in [0.15, 0.2) is 0 Å². The van der Waals surface area contributed by atoms with Crippen molar-refractivity contribution in [3.8, 4) is 0 Å². The first kappa shape index (κ1) is 9.71. The number of aryl methyl sites for hydroxylation is 2. The Kier molecular flexibility index (Phi) is 2.59. The zero-order valence-corrected chi connectivity index (χ0v) is 9.25. The van der Waals surface area contributed by atoms with Gasteiger partial charge >= 0.3 is 0 Å². The minimum atomic E-state index is 0.521. The van der Waals surface area contributed by atoms with Crippen LogP contribution in [0.3, 0.4) is 0 Å². The molecule has 2 heterocycles. The summed E-state index contributed by atoms with van der Waals surface area (Å²) in [7, 11) is 1.99. The Morgan fingerprint density at radius 3 is 2.86 bits per heavy atom. The summed E-state index contributed by atoms with van der Waals surface area (Å²) in [5.74, 6) is 0. The van der Waals surface area contributed by atoms with Gasteiger partial charge in [-0.15, -0.1) is 0 Å². The van der Waals surface area contributed by atoms with Gasteiger partial charge in [0.2, 0.25) is 0 Å². The van der Waals surface area contributed by atoms with Crippen LogP contribution in [-0.4, -0.2) is 15.8 Å². The maximum Gasteiger partial charge on any atom is 0.0641 e. The van der Waals surface area contributed by atoms with Gasteiger partial charge in [-0.2, -0.15) is 5.10 Å². The minimum absolute atomic E-state index is 0.521. The fourth-order valence-electron chi connectivity index (χ4n) is 2.34. The van der Waals surface area contributed by atoms with E-state index in [1.807, 2.05) is 11.7 Å². The lowest BCUT2D eigenvalue weighted by Crippen LogP contribution is -2.34. The van der Waals surface area contributed by atoms with Crippen molar-refractivity contribution < 1.29 is 0 Å². The highest BCUT2D eigenvalue weighted by Gasteiger charge is 2.21. The van der Waals surface area contributed by atoms with Crippen LogP contribution in [-0.2, 0) is 7.05 Å². The number of nitrogens with one attached hydrogen (secondary N) is 1. The number of nitrogens with zero attached hydrogens (tertiary/aromatic N) is 2. The average molecular weight is 193 g/mol. The highest BCUT2D eigenvalue weighted by molar-refractivity contribution is 5.20. The van der Waals surface area contributed by atoms with Crippen LogP contribution < -0.4 is 5.32 Å². The fraction of sp³-hybridized carbons (Fsp3) is 0.727. The number of rotatable bonds is 1. The molecule has 2 rings (SSSR count). The fourth-order valence-corrected chi connectivity index (χ4v) is 2.34. The summed E-state index contributed by atoms with van der Waals surface area (Å²) in [5, 5.41) is 8.02. The zero-order chi connectivity index (χ0) is 10.1. The van der Waals surface area contributed by atoms with Crippen molar-refractivity contribution in [1.29, 1.82) is 0 Å². The van der Waals surface area contributed by atoms with Gasteiger partial charge in [0.25, 0.3) is 0 Å². The number of hydrogen-bond donors (Lipinski definition) is 1. The Morgan fingerprint density at radius 1 is 1.50 bits per heavy atom. The quantitative estimate of drug-likeness (QED) is 0.738. The van der Waals surface area contributed by atoms with E-state index in [0.29, 0.717) is 12.1 Å². The molecule has 0 saturated carbocycles. The smallest absolute Gasteiger partial charge is 0.0641 e. The molecule has 0 aliphatic carbocycles. The predicted molar refractivity (Wildman–Crippen MR) is 57.1 cm³/mol. The largest absolute Gasteiger partial charge is 0.307 e. The van der Waals surface area contributed by atoms with Crippen molar-refractivity contribution in [3.63, 3.8) is 0 Å². The van der Waals surface area contributed by atoms with Crippen LogP contribution in [0.15, 0.2) is 6.20 Å². The second-order valence-electron chi connectivity index (χ2n) is 4.39. The van der Waals surface area contributed by atoms with Crippen LogP contribution in [0.2, 0.25) is 0 Å². The molecule has 1 aliphatic heterocycles. The number of hydrogen-bond acceptors (Lipinski definition) is 2. The van der Waals surface area contributed by atoms with Gasteiger partial charge in [-0.25, -0.2) is 0 Å². The van der Waals surface area contributed by atoms with Crippen molar-refractivity contribution in [1.82, 2.24) is 15.1 Å². The number of piperidine rings is 1. The summed E-state index contributed by atoms with van der Waals surface area (Å²) in [6, 6.07) is 1.17. The third-order valence-corrected chi connectivity index (χ3v) is 3.04. The van der Waals surface area contributed by atoms with E-state index in [1.54, 1.807) is 0 Å². The Hall–Kier alpha value is -0.830. The molecule has 0 radical (unpaired) electrons. The zero-order valence-electron chi connectivity index (χ0n) is 9.25.